The maximum absolute atomic E-state index is 10.1. The lowest BCUT2D eigenvalue weighted by atomic mass is 10.1. The van der Waals surface area contributed by atoms with Crippen molar-refractivity contribution in [3.05, 3.63) is 12.7 Å². The van der Waals surface area contributed by atoms with Crippen molar-refractivity contribution in [1.82, 2.24) is 19.5 Å². The molecule has 0 radical (unpaired) electrons. The van der Waals surface area contributed by atoms with E-state index < -0.39 is 30.6 Å². The Morgan fingerprint density at radius 2 is 2.05 bits per heavy atom. The first-order chi connectivity index (χ1) is 9.50. The summed E-state index contributed by atoms with van der Waals surface area (Å²) in [4.78, 5) is 11.9. The Balaban J connectivity index is 2.02. The number of nitrogens with two attached hydrogens (primary N) is 1. The Morgan fingerprint density at radius 3 is 2.70 bits per heavy atom. The number of aromatic nitrogens is 4. The average Bonchev–Trinajstić information content (AvgIpc) is 2.94. The fourth-order valence-electron chi connectivity index (χ4n) is 2.37. The molecule has 0 aliphatic carbocycles. The van der Waals surface area contributed by atoms with Crippen molar-refractivity contribution in [3.8, 4) is 0 Å². The lowest BCUT2D eigenvalue weighted by Crippen LogP contribution is -2.37. The topological polar surface area (TPSA) is 140 Å². The fraction of sp³-hybridized carbons (Fsp3) is 0.545. The third-order valence-electron chi connectivity index (χ3n) is 3.41. The van der Waals surface area contributed by atoms with Crippen molar-refractivity contribution < 1.29 is 20.1 Å². The van der Waals surface area contributed by atoms with Gasteiger partial charge in [-0.25, -0.2) is 15.0 Å². The van der Waals surface area contributed by atoms with E-state index in [9.17, 15) is 15.3 Å². The van der Waals surface area contributed by atoms with Gasteiger partial charge in [0.05, 0.1) is 12.4 Å². The second kappa shape index (κ2) is 4.63. The summed E-state index contributed by atoms with van der Waals surface area (Å²) in [6.45, 7) is 1.48. The van der Waals surface area contributed by atoms with Gasteiger partial charge in [0.2, 0.25) is 0 Å². The Hall–Kier alpha value is -1.81. The molecular formula is C11H15N5O4. The van der Waals surface area contributed by atoms with Gasteiger partial charge < -0.3 is 25.8 Å². The zero-order valence-corrected chi connectivity index (χ0v) is 10.7. The van der Waals surface area contributed by atoms with Crippen LogP contribution in [-0.4, -0.2) is 59.3 Å². The van der Waals surface area contributed by atoms with Crippen LogP contribution in [0.3, 0.4) is 0 Å². The highest BCUT2D eigenvalue weighted by Gasteiger charge is 2.46. The molecule has 108 valence electrons. The van der Waals surface area contributed by atoms with Gasteiger partial charge in [-0.1, -0.05) is 0 Å². The van der Waals surface area contributed by atoms with Gasteiger partial charge in [0, 0.05) is 0 Å². The minimum absolute atomic E-state index is 0.217. The SMILES string of the molecule is C[C@H](O)C1OC(n2cnc3c(N)ncnc32)C(O)C1O. The summed E-state index contributed by atoms with van der Waals surface area (Å²) in [7, 11) is 0. The molecule has 1 aliphatic rings. The van der Waals surface area contributed by atoms with Crippen LogP contribution >= 0.6 is 0 Å². The molecule has 9 heteroatoms. The molecule has 20 heavy (non-hydrogen) atoms. The largest absolute Gasteiger partial charge is 0.391 e. The molecule has 1 fully saturated rings. The van der Waals surface area contributed by atoms with Crippen LogP contribution in [0.25, 0.3) is 11.2 Å². The standard InChI is InChI=1S/C11H15N5O4/c1-4(17)8-6(18)7(19)11(20-8)16-3-15-5-9(12)13-2-14-10(5)16/h2-4,6-8,11,17-19H,1H3,(H2,12,13,14)/t4-,6?,7?,8?,11?/m0/s1. The summed E-state index contributed by atoms with van der Waals surface area (Å²) >= 11 is 0. The molecule has 0 aromatic carbocycles. The highest BCUT2D eigenvalue weighted by molar-refractivity contribution is 5.81. The van der Waals surface area contributed by atoms with Crippen LogP contribution in [0.5, 0.6) is 0 Å². The van der Waals surface area contributed by atoms with Gasteiger partial charge in [-0.2, -0.15) is 0 Å². The summed E-state index contributed by atoms with van der Waals surface area (Å²) in [5.74, 6) is 0.217. The highest BCUT2D eigenvalue weighted by Crippen LogP contribution is 2.33. The van der Waals surface area contributed by atoms with Gasteiger partial charge in [-0.3, -0.25) is 4.57 Å². The summed E-state index contributed by atoms with van der Waals surface area (Å²) in [5, 5.41) is 29.5. The monoisotopic (exact) mass is 281 g/mol. The minimum atomic E-state index is -1.21. The van der Waals surface area contributed by atoms with E-state index in [4.69, 9.17) is 10.5 Å². The zero-order valence-electron chi connectivity index (χ0n) is 10.7. The molecule has 3 heterocycles. The van der Waals surface area contributed by atoms with Gasteiger partial charge >= 0.3 is 0 Å². The van der Waals surface area contributed by atoms with Crippen LogP contribution in [0.4, 0.5) is 5.82 Å². The van der Waals surface area contributed by atoms with Crippen molar-refractivity contribution in [2.45, 2.75) is 37.6 Å². The van der Waals surface area contributed by atoms with E-state index in [1.54, 1.807) is 0 Å². The maximum atomic E-state index is 10.1. The van der Waals surface area contributed by atoms with Crippen LogP contribution in [0.15, 0.2) is 12.7 Å². The van der Waals surface area contributed by atoms with Gasteiger partial charge in [0.15, 0.2) is 17.7 Å². The van der Waals surface area contributed by atoms with Crippen LogP contribution in [0, 0.1) is 0 Å². The molecule has 0 amide bonds. The van der Waals surface area contributed by atoms with Crippen molar-refractivity contribution in [2.24, 2.45) is 0 Å². The third-order valence-corrected chi connectivity index (χ3v) is 3.41. The summed E-state index contributed by atoms with van der Waals surface area (Å²) in [6, 6.07) is 0. The van der Waals surface area contributed by atoms with Crippen molar-refractivity contribution in [2.75, 3.05) is 5.73 Å². The lowest BCUT2D eigenvalue weighted by molar-refractivity contribution is -0.0777. The number of hydrogen-bond acceptors (Lipinski definition) is 8. The normalized spacial score (nSPS) is 31.8. The zero-order chi connectivity index (χ0) is 14.4. The molecule has 2 aromatic heterocycles. The predicted octanol–water partition coefficient (Wildman–Crippen LogP) is -1.59. The molecule has 0 bridgehead atoms. The number of fused-ring (bicyclic) bond motifs is 1. The minimum Gasteiger partial charge on any atom is -0.391 e. The number of ether oxygens (including phenoxy) is 1. The molecule has 1 saturated heterocycles. The molecule has 2 aromatic rings. The summed E-state index contributed by atoms with van der Waals surface area (Å²) < 4.78 is 6.97. The number of aliphatic hydroxyl groups excluding tert-OH is 3. The van der Waals surface area contributed by atoms with Crippen LogP contribution < -0.4 is 5.73 Å². The molecule has 0 spiro atoms. The number of nitrogen functional groups attached to an aromatic ring is 1. The van der Waals surface area contributed by atoms with Gasteiger partial charge in [0.25, 0.3) is 0 Å². The second-order valence-electron chi connectivity index (χ2n) is 4.80. The molecule has 1 aliphatic heterocycles. The van der Waals surface area contributed by atoms with E-state index in [2.05, 4.69) is 15.0 Å². The van der Waals surface area contributed by atoms with Crippen molar-refractivity contribution in [1.29, 1.82) is 0 Å². The molecule has 5 atom stereocenters. The average molecular weight is 281 g/mol. The van der Waals surface area contributed by atoms with E-state index in [1.165, 1.54) is 24.1 Å². The third kappa shape index (κ3) is 1.83. The second-order valence-corrected chi connectivity index (χ2v) is 4.80. The van der Waals surface area contributed by atoms with E-state index >= 15 is 0 Å². The van der Waals surface area contributed by atoms with Gasteiger partial charge in [-0.05, 0) is 6.92 Å². The maximum Gasteiger partial charge on any atom is 0.167 e. The van der Waals surface area contributed by atoms with E-state index in [0.717, 1.165) is 0 Å². The smallest absolute Gasteiger partial charge is 0.167 e. The van der Waals surface area contributed by atoms with Gasteiger partial charge in [-0.15, -0.1) is 0 Å². The lowest BCUT2D eigenvalue weighted by Gasteiger charge is -2.17. The molecular weight excluding hydrogens is 266 g/mol. The first-order valence-corrected chi connectivity index (χ1v) is 6.13. The quantitative estimate of drug-likeness (QED) is 0.516. The number of aliphatic hydroxyl groups is 3. The highest BCUT2D eigenvalue weighted by atomic mass is 16.6. The number of hydrogen-bond donors (Lipinski definition) is 4. The molecule has 9 nitrogen and oxygen atoms in total. The number of imidazole rings is 1. The first kappa shape index (κ1) is 13.2. The van der Waals surface area contributed by atoms with E-state index in [0.29, 0.717) is 11.2 Å². The molecule has 5 N–H and O–H groups in total. The first-order valence-electron chi connectivity index (χ1n) is 6.13. The van der Waals surface area contributed by atoms with Crippen molar-refractivity contribution >= 4 is 17.0 Å². The predicted molar refractivity (Wildman–Crippen MR) is 67.3 cm³/mol. The Kier molecular flexibility index (Phi) is 3.05. The molecule has 4 unspecified atom stereocenters. The van der Waals surface area contributed by atoms with Crippen LogP contribution in [0.1, 0.15) is 13.2 Å². The fourth-order valence-corrected chi connectivity index (χ4v) is 2.37. The Bertz CT molecular complexity index is 630. The number of nitrogens with zero attached hydrogens (tertiary/aromatic N) is 4. The molecule has 0 saturated carbocycles. The number of rotatable bonds is 2. The number of anilines is 1. The van der Waals surface area contributed by atoms with E-state index in [-0.39, 0.29) is 5.82 Å². The van der Waals surface area contributed by atoms with Gasteiger partial charge in [0.1, 0.15) is 30.2 Å². The molecule has 3 rings (SSSR count). The van der Waals surface area contributed by atoms with Crippen molar-refractivity contribution in [3.63, 3.8) is 0 Å². The Morgan fingerprint density at radius 1 is 1.30 bits per heavy atom. The Labute approximate surface area is 113 Å². The van der Waals surface area contributed by atoms with Crippen LogP contribution in [-0.2, 0) is 4.74 Å². The van der Waals surface area contributed by atoms with Crippen LogP contribution in [0.2, 0.25) is 0 Å². The summed E-state index contributed by atoms with van der Waals surface area (Å²) in [6.07, 6.45) is -2.42. The summed E-state index contributed by atoms with van der Waals surface area (Å²) in [5.41, 5.74) is 6.46. The van der Waals surface area contributed by atoms with E-state index in [1.807, 2.05) is 0 Å².